The second-order valence-corrected chi connectivity index (χ2v) is 1.78. The van der Waals surface area contributed by atoms with Crippen molar-refractivity contribution in [3.05, 3.63) is 7.05 Å². The van der Waals surface area contributed by atoms with Crippen LogP contribution in [-0.4, -0.2) is 6.54 Å². The van der Waals surface area contributed by atoms with Gasteiger partial charge in [0, 0.05) is 0 Å². The Balaban J connectivity index is 2.45. The van der Waals surface area contributed by atoms with Gasteiger partial charge in [0.1, 0.15) is 0 Å². The first kappa shape index (κ1) is 6.96. The molecule has 0 aromatic heterocycles. The lowest BCUT2D eigenvalue weighted by Gasteiger charge is -1.95. The fourth-order valence-electron chi connectivity index (χ4n) is 0.539. The van der Waals surface area contributed by atoms with Crippen molar-refractivity contribution in [1.29, 1.82) is 0 Å². The van der Waals surface area contributed by atoms with Crippen LogP contribution in [0.4, 0.5) is 0 Å². The van der Waals surface area contributed by atoms with Gasteiger partial charge in [0.2, 0.25) is 0 Å². The molecule has 0 spiro atoms. The van der Waals surface area contributed by atoms with Crippen molar-refractivity contribution in [3.63, 3.8) is 0 Å². The summed E-state index contributed by atoms with van der Waals surface area (Å²) >= 11 is 0. The molecular weight excluding hydrogens is 86.1 g/mol. The van der Waals surface area contributed by atoms with E-state index in [1.54, 1.807) is 0 Å². The molecule has 0 unspecified atom stereocenters. The maximum absolute atomic E-state index is 3.63. The zero-order valence-corrected chi connectivity index (χ0v) is 5.11. The first-order valence-electron chi connectivity index (χ1n) is 3.02. The molecule has 7 heavy (non-hydrogen) atoms. The summed E-state index contributed by atoms with van der Waals surface area (Å²) in [5.41, 5.74) is 0. The average molecular weight is 101 g/mol. The fraction of sp³-hybridized carbons (Fsp3) is 0.833. The predicted molar refractivity (Wildman–Crippen MR) is 31.7 cm³/mol. The van der Waals surface area contributed by atoms with Crippen LogP contribution < -0.4 is 5.32 Å². The molecule has 44 valence electrons. The Hall–Kier alpha value is -0.0400. The van der Waals surface area contributed by atoms with Crippen LogP contribution in [0.2, 0.25) is 0 Å². The first-order chi connectivity index (χ1) is 3.41. The van der Waals surface area contributed by atoms with Crippen LogP contribution in [0, 0.1) is 7.05 Å². The minimum absolute atomic E-state index is 1.19. The van der Waals surface area contributed by atoms with E-state index in [2.05, 4.69) is 14.0 Å². The second kappa shape index (κ2) is 5.96. The number of rotatable bonds is 4. The fourth-order valence-corrected chi connectivity index (χ4v) is 0.539. The molecule has 1 nitrogen and oxygen atoms in total. The highest BCUT2D eigenvalue weighted by atomic mass is 14.8. The molecule has 0 amide bonds. The average Bonchev–Trinajstić information content (AvgIpc) is 1.69. The summed E-state index contributed by atoms with van der Waals surface area (Å²) in [4.78, 5) is 0. The third kappa shape index (κ3) is 5.96. The van der Waals surface area contributed by atoms with Gasteiger partial charge in [0.05, 0.1) is 6.54 Å². The van der Waals surface area contributed by atoms with Crippen LogP contribution in [0.3, 0.4) is 0 Å². The molecule has 0 radical (unpaired) electrons. The molecule has 2 N–H and O–H groups in total. The molecule has 0 aliphatic rings. The highest BCUT2D eigenvalue weighted by molar-refractivity contribution is 4.31. The molecule has 0 saturated heterocycles. The summed E-state index contributed by atoms with van der Waals surface area (Å²) in [6.45, 7) is 3.40. The molecule has 0 fully saturated rings. The van der Waals surface area contributed by atoms with E-state index in [0.29, 0.717) is 0 Å². The minimum atomic E-state index is 1.19. The lowest BCUT2D eigenvalue weighted by Crippen LogP contribution is -2.76. The van der Waals surface area contributed by atoms with Crippen LogP contribution >= 0.6 is 0 Å². The molecule has 0 atom stereocenters. The Morgan fingerprint density at radius 2 is 2.14 bits per heavy atom. The van der Waals surface area contributed by atoms with Crippen LogP contribution in [0.1, 0.15) is 26.2 Å². The van der Waals surface area contributed by atoms with Gasteiger partial charge in [0.25, 0.3) is 0 Å². The normalized spacial score (nSPS) is 9.43. The molecule has 0 saturated carbocycles. The quantitative estimate of drug-likeness (QED) is 0.393. The zero-order valence-electron chi connectivity index (χ0n) is 5.11. The van der Waals surface area contributed by atoms with Gasteiger partial charge in [-0.3, -0.25) is 0 Å². The molecule has 0 aromatic carbocycles. The van der Waals surface area contributed by atoms with Gasteiger partial charge >= 0.3 is 0 Å². The highest BCUT2D eigenvalue weighted by Crippen LogP contribution is 1.88. The van der Waals surface area contributed by atoms with E-state index in [-0.39, 0.29) is 0 Å². The van der Waals surface area contributed by atoms with Gasteiger partial charge in [-0.25, -0.2) is 0 Å². The van der Waals surface area contributed by atoms with Crippen molar-refractivity contribution in [2.24, 2.45) is 0 Å². The van der Waals surface area contributed by atoms with Crippen LogP contribution in [0.25, 0.3) is 0 Å². The van der Waals surface area contributed by atoms with Crippen molar-refractivity contribution in [3.8, 4) is 0 Å². The molecule has 0 rings (SSSR count). The lowest BCUT2D eigenvalue weighted by atomic mass is 10.2. The van der Waals surface area contributed by atoms with Crippen LogP contribution in [0.15, 0.2) is 0 Å². The SMILES string of the molecule is [CH2-][NH2+]CCCCC. The van der Waals surface area contributed by atoms with E-state index in [0.717, 1.165) is 0 Å². The van der Waals surface area contributed by atoms with Gasteiger partial charge in [-0.1, -0.05) is 13.3 Å². The van der Waals surface area contributed by atoms with Gasteiger partial charge < -0.3 is 5.32 Å². The van der Waals surface area contributed by atoms with Gasteiger partial charge in [-0.2, -0.15) is 7.05 Å². The monoisotopic (exact) mass is 101 g/mol. The molecule has 0 bridgehead atoms. The molecule has 0 aliphatic heterocycles. The highest BCUT2D eigenvalue weighted by Gasteiger charge is 1.79. The number of hydrogen-bond donors (Lipinski definition) is 1. The van der Waals surface area contributed by atoms with E-state index in [1.807, 2.05) is 5.32 Å². The number of nitrogens with two attached hydrogens (primary N) is 1. The summed E-state index contributed by atoms with van der Waals surface area (Å²) in [5, 5.41) is 1.98. The van der Waals surface area contributed by atoms with Gasteiger partial charge in [-0.15, -0.1) is 0 Å². The Morgan fingerprint density at radius 3 is 2.57 bits per heavy atom. The predicted octanol–water partition coefficient (Wildman–Crippen LogP) is 0.532. The van der Waals surface area contributed by atoms with Crippen molar-refractivity contribution >= 4 is 0 Å². The van der Waals surface area contributed by atoms with E-state index in [1.165, 1.54) is 25.8 Å². The molecule has 0 aliphatic carbocycles. The Kier molecular flexibility index (Phi) is 5.93. The van der Waals surface area contributed by atoms with Crippen LogP contribution in [-0.2, 0) is 0 Å². The Labute approximate surface area is 46.1 Å². The summed E-state index contributed by atoms with van der Waals surface area (Å²) in [6.07, 6.45) is 3.99. The van der Waals surface area contributed by atoms with Crippen molar-refractivity contribution < 1.29 is 5.32 Å². The van der Waals surface area contributed by atoms with Crippen molar-refractivity contribution in [1.82, 2.24) is 0 Å². The number of hydrogen-bond acceptors (Lipinski definition) is 0. The van der Waals surface area contributed by atoms with E-state index >= 15 is 0 Å². The Morgan fingerprint density at radius 1 is 1.43 bits per heavy atom. The number of unbranched alkanes of at least 4 members (excludes halogenated alkanes) is 2. The second-order valence-electron chi connectivity index (χ2n) is 1.78. The first-order valence-corrected chi connectivity index (χ1v) is 3.02. The summed E-state index contributed by atoms with van der Waals surface area (Å²) in [7, 11) is 3.63. The minimum Gasteiger partial charge on any atom is -0.479 e. The zero-order chi connectivity index (χ0) is 5.54. The number of quaternary nitrogens is 1. The van der Waals surface area contributed by atoms with Crippen molar-refractivity contribution in [2.45, 2.75) is 26.2 Å². The van der Waals surface area contributed by atoms with Crippen molar-refractivity contribution in [2.75, 3.05) is 6.54 Å². The van der Waals surface area contributed by atoms with Gasteiger partial charge in [-0.05, 0) is 12.8 Å². The lowest BCUT2D eigenvalue weighted by molar-refractivity contribution is -0.595. The topological polar surface area (TPSA) is 16.6 Å². The van der Waals surface area contributed by atoms with E-state index in [4.69, 9.17) is 0 Å². The smallest absolute Gasteiger partial charge is 0.0515 e. The van der Waals surface area contributed by atoms with E-state index in [9.17, 15) is 0 Å². The molecule has 0 aromatic rings. The maximum atomic E-state index is 3.63. The molecular formula is C6H15N. The van der Waals surface area contributed by atoms with Gasteiger partial charge in [0.15, 0.2) is 0 Å². The van der Waals surface area contributed by atoms with Crippen LogP contribution in [0.5, 0.6) is 0 Å². The third-order valence-electron chi connectivity index (χ3n) is 1.01. The Bertz CT molecular complexity index is 23.4. The third-order valence-corrected chi connectivity index (χ3v) is 1.01. The van der Waals surface area contributed by atoms with E-state index < -0.39 is 0 Å². The summed E-state index contributed by atoms with van der Waals surface area (Å²) < 4.78 is 0. The summed E-state index contributed by atoms with van der Waals surface area (Å²) in [6, 6.07) is 0. The molecule has 0 heterocycles. The molecule has 1 heteroatoms. The largest absolute Gasteiger partial charge is 0.479 e. The summed E-state index contributed by atoms with van der Waals surface area (Å²) in [5.74, 6) is 0. The maximum Gasteiger partial charge on any atom is 0.0515 e. The standard InChI is InChI=1S/C6H15N/c1-3-4-5-6-7-2/h2-7H2,1H3.